The molecule has 0 radical (unpaired) electrons. The third kappa shape index (κ3) is 4.90. The number of aromatic nitrogens is 1. The average molecular weight is 633 g/mol. The Hall–Kier alpha value is -5.42. The van der Waals surface area contributed by atoms with Gasteiger partial charge in [-0.2, -0.15) is 0 Å². The maximum Gasteiger partial charge on any atom is 0.517 e. The first-order valence-electron chi connectivity index (χ1n) is 16.9. The number of fused-ring (bicyclic) bond motifs is 4. The molecule has 3 nitrogen and oxygen atoms in total. The SMILES string of the molecule is [CH2+]C1(C)OB(c2cccc(-c3ccc4c(-c5ccc6ccccc6c5)c5ccccc5c(-c5ccc6ccccc6c5)c4c3)n2)OC1(C)C. The minimum atomic E-state index is -0.687. The molecule has 8 aromatic rings. The molecule has 9 rings (SSSR count). The van der Waals surface area contributed by atoms with E-state index in [1.165, 1.54) is 65.3 Å². The third-order valence-corrected chi connectivity index (χ3v) is 10.5. The van der Waals surface area contributed by atoms with Crippen molar-refractivity contribution in [2.24, 2.45) is 0 Å². The highest BCUT2D eigenvalue weighted by atomic mass is 16.7. The van der Waals surface area contributed by atoms with Crippen LogP contribution in [0.1, 0.15) is 20.8 Å². The monoisotopic (exact) mass is 632 g/mol. The topological polar surface area (TPSA) is 31.4 Å². The lowest BCUT2D eigenvalue weighted by Crippen LogP contribution is -2.42. The predicted molar refractivity (Wildman–Crippen MR) is 206 cm³/mol. The van der Waals surface area contributed by atoms with Gasteiger partial charge in [-0.05, 0) is 110 Å². The second-order valence-electron chi connectivity index (χ2n) is 13.9. The normalized spacial score (nSPS) is 17.4. The molecule has 0 bridgehead atoms. The summed E-state index contributed by atoms with van der Waals surface area (Å²) in [6.07, 6.45) is 0. The zero-order valence-electron chi connectivity index (χ0n) is 27.9. The van der Waals surface area contributed by atoms with Crippen LogP contribution in [-0.2, 0) is 9.31 Å². The number of hydrogen-bond acceptors (Lipinski definition) is 3. The number of hydrogen-bond donors (Lipinski definition) is 0. The Morgan fingerprint density at radius 2 is 1.02 bits per heavy atom. The van der Waals surface area contributed by atoms with Crippen LogP contribution in [0.5, 0.6) is 0 Å². The van der Waals surface area contributed by atoms with E-state index in [4.69, 9.17) is 14.3 Å². The second kappa shape index (κ2) is 11.1. The van der Waals surface area contributed by atoms with Gasteiger partial charge in [0.15, 0.2) is 0 Å². The maximum absolute atomic E-state index is 6.32. The molecule has 1 saturated heterocycles. The van der Waals surface area contributed by atoms with Crippen molar-refractivity contribution in [2.45, 2.75) is 32.0 Å². The Morgan fingerprint density at radius 3 is 1.61 bits per heavy atom. The van der Waals surface area contributed by atoms with Crippen molar-refractivity contribution in [3.8, 4) is 33.5 Å². The minimum absolute atomic E-state index is 0.548. The smallest absolute Gasteiger partial charge is 0.394 e. The predicted octanol–water partition coefficient (Wildman–Crippen LogP) is 10.8. The quantitative estimate of drug-likeness (QED) is 0.110. The number of pyridine rings is 1. The van der Waals surface area contributed by atoms with Gasteiger partial charge in [-0.25, -0.2) is 0 Å². The van der Waals surface area contributed by atoms with Gasteiger partial charge in [-0.3, -0.25) is 4.98 Å². The van der Waals surface area contributed by atoms with Gasteiger partial charge < -0.3 is 9.31 Å². The first-order chi connectivity index (χ1) is 23.8. The van der Waals surface area contributed by atoms with Gasteiger partial charge in [-0.1, -0.05) is 115 Å². The summed E-state index contributed by atoms with van der Waals surface area (Å²) in [6, 6.07) is 52.5. The molecule has 1 atom stereocenters. The van der Waals surface area contributed by atoms with E-state index in [1.54, 1.807) is 0 Å². The molecule has 0 N–H and O–H groups in total. The molecule has 0 aliphatic carbocycles. The summed E-state index contributed by atoms with van der Waals surface area (Å²) in [5.41, 5.74) is 6.25. The summed E-state index contributed by atoms with van der Waals surface area (Å²) in [7, 11) is -0.588. The first kappa shape index (κ1) is 29.7. The number of nitrogens with zero attached hydrogens (tertiary/aromatic N) is 1. The van der Waals surface area contributed by atoms with Gasteiger partial charge in [0.25, 0.3) is 0 Å². The third-order valence-electron chi connectivity index (χ3n) is 10.5. The van der Waals surface area contributed by atoms with E-state index >= 15 is 0 Å². The molecule has 1 aliphatic heterocycles. The van der Waals surface area contributed by atoms with Gasteiger partial charge >= 0.3 is 7.12 Å². The summed E-state index contributed by atoms with van der Waals surface area (Å²) in [5, 5.41) is 9.75. The zero-order valence-corrected chi connectivity index (χ0v) is 27.9. The second-order valence-corrected chi connectivity index (χ2v) is 13.9. The van der Waals surface area contributed by atoms with Crippen molar-refractivity contribution >= 4 is 55.8 Å². The Kier molecular flexibility index (Phi) is 6.71. The molecule has 0 amide bonds. The van der Waals surface area contributed by atoms with Crippen LogP contribution >= 0.6 is 0 Å². The van der Waals surface area contributed by atoms with Gasteiger partial charge in [0, 0.05) is 12.5 Å². The van der Waals surface area contributed by atoms with Gasteiger partial charge in [0.1, 0.15) is 5.60 Å². The molecule has 2 heterocycles. The molecule has 1 aromatic heterocycles. The van der Waals surface area contributed by atoms with Crippen LogP contribution in [0.4, 0.5) is 0 Å². The molecule has 4 heteroatoms. The van der Waals surface area contributed by atoms with E-state index in [0.717, 1.165) is 16.9 Å². The Labute approximate surface area is 287 Å². The highest BCUT2D eigenvalue weighted by Crippen LogP contribution is 2.45. The Bertz CT molecular complexity index is 2570. The van der Waals surface area contributed by atoms with Crippen molar-refractivity contribution in [1.82, 2.24) is 4.98 Å². The molecule has 234 valence electrons. The fourth-order valence-corrected chi connectivity index (χ4v) is 7.31. The van der Waals surface area contributed by atoms with Crippen LogP contribution in [-0.4, -0.2) is 23.3 Å². The highest BCUT2D eigenvalue weighted by Gasteiger charge is 2.57. The lowest BCUT2D eigenvalue weighted by molar-refractivity contribution is 0.0262. The highest BCUT2D eigenvalue weighted by molar-refractivity contribution is 6.61. The average Bonchev–Trinajstić information content (AvgIpc) is 3.35. The zero-order chi connectivity index (χ0) is 33.3. The molecule has 49 heavy (non-hydrogen) atoms. The van der Waals surface area contributed by atoms with Gasteiger partial charge in [-0.15, -0.1) is 0 Å². The maximum atomic E-state index is 6.32. The van der Waals surface area contributed by atoms with Gasteiger partial charge in [0.2, 0.25) is 5.60 Å². The number of benzene rings is 7. The van der Waals surface area contributed by atoms with Crippen LogP contribution < -0.4 is 5.59 Å². The molecule has 7 aromatic carbocycles. The molecule has 0 spiro atoms. The summed E-state index contributed by atoms with van der Waals surface area (Å²) in [5.74, 6) is 0. The lowest BCUT2D eigenvalue weighted by atomic mass is 9.83. The fourth-order valence-electron chi connectivity index (χ4n) is 7.31. The standard InChI is InChI=1S/C45H35BNO2/c1-44(2)45(3,4)49-46(48-44)41-19-11-18-40(47-41)33-24-25-38-39(28-33)43(35-23-21-30-13-6-8-15-32(30)27-35)37-17-10-9-16-36(37)42(38)34-22-20-29-12-5-7-14-31(29)26-34/h5-28H,1H2,2-4H3/q+1. The molecule has 0 saturated carbocycles. The van der Waals surface area contributed by atoms with E-state index < -0.39 is 18.3 Å². The molecular formula is C45H35BNO2+. The van der Waals surface area contributed by atoms with Gasteiger partial charge in [0.05, 0.1) is 18.2 Å². The largest absolute Gasteiger partial charge is 0.517 e. The lowest BCUT2D eigenvalue weighted by Gasteiger charge is -2.25. The minimum Gasteiger partial charge on any atom is -0.394 e. The van der Waals surface area contributed by atoms with Crippen LogP contribution in [0, 0.1) is 6.92 Å². The summed E-state index contributed by atoms with van der Waals surface area (Å²) < 4.78 is 12.6. The number of rotatable bonds is 4. The van der Waals surface area contributed by atoms with Crippen LogP contribution in [0.2, 0.25) is 0 Å². The van der Waals surface area contributed by atoms with Crippen LogP contribution in [0.15, 0.2) is 146 Å². The Balaban J connectivity index is 1.30. The summed E-state index contributed by atoms with van der Waals surface area (Å²) in [6.45, 7) is 10.3. The van der Waals surface area contributed by atoms with E-state index in [9.17, 15) is 0 Å². The van der Waals surface area contributed by atoms with Crippen molar-refractivity contribution in [3.63, 3.8) is 0 Å². The molecular weight excluding hydrogens is 597 g/mol. The Morgan fingerprint density at radius 1 is 0.490 bits per heavy atom. The van der Waals surface area contributed by atoms with Crippen LogP contribution in [0.25, 0.3) is 76.6 Å². The summed E-state index contributed by atoms with van der Waals surface area (Å²) in [4.78, 5) is 5.11. The van der Waals surface area contributed by atoms with Crippen molar-refractivity contribution < 1.29 is 9.31 Å². The van der Waals surface area contributed by atoms with E-state index in [-0.39, 0.29) is 0 Å². The van der Waals surface area contributed by atoms with Crippen LogP contribution in [0.3, 0.4) is 0 Å². The van der Waals surface area contributed by atoms with E-state index in [2.05, 4.69) is 140 Å². The molecule has 1 unspecified atom stereocenters. The molecule has 1 fully saturated rings. The first-order valence-corrected chi connectivity index (χ1v) is 16.9. The molecule has 1 aliphatic rings. The van der Waals surface area contributed by atoms with Crippen molar-refractivity contribution in [1.29, 1.82) is 0 Å². The van der Waals surface area contributed by atoms with E-state index in [1.807, 2.05) is 32.9 Å². The van der Waals surface area contributed by atoms with E-state index in [0.29, 0.717) is 0 Å². The fraction of sp³-hybridized carbons (Fsp3) is 0.111. The van der Waals surface area contributed by atoms with Crippen molar-refractivity contribution in [2.75, 3.05) is 0 Å². The summed E-state index contributed by atoms with van der Waals surface area (Å²) >= 11 is 0. The van der Waals surface area contributed by atoms with Crippen molar-refractivity contribution in [3.05, 3.63) is 153 Å².